The van der Waals surface area contributed by atoms with Crippen LogP contribution in [0.2, 0.25) is 0 Å². The van der Waals surface area contributed by atoms with Crippen molar-refractivity contribution in [2.75, 3.05) is 24.5 Å². The zero-order valence-corrected chi connectivity index (χ0v) is 15.3. The number of pyridine rings is 3. The number of anilines is 1. The Morgan fingerprint density at radius 2 is 1.81 bits per heavy atom. The van der Waals surface area contributed by atoms with Gasteiger partial charge in [0.2, 0.25) is 0 Å². The molecule has 0 radical (unpaired) electrons. The van der Waals surface area contributed by atoms with Crippen molar-refractivity contribution in [3.63, 3.8) is 0 Å². The molecule has 5 heteroatoms. The summed E-state index contributed by atoms with van der Waals surface area (Å²) in [6, 6.07) is 14.6. The van der Waals surface area contributed by atoms with Crippen LogP contribution in [-0.4, -0.2) is 39.5 Å². The number of fused-ring (bicyclic) bond motifs is 2. The molecule has 1 fully saturated rings. The number of aromatic nitrogens is 3. The highest BCUT2D eigenvalue weighted by atomic mass is 15.2. The first-order valence-corrected chi connectivity index (χ1v) is 9.54. The van der Waals surface area contributed by atoms with Crippen molar-refractivity contribution >= 4 is 5.69 Å². The molecule has 5 nitrogen and oxygen atoms in total. The van der Waals surface area contributed by atoms with E-state index < -0.39 is 0 Å². The van der Waals surface area contributed by atoms with Gasteiger partial charge in [-0.15, -0.1) is 0 Å². The highest BCUT2D eigenvalue weighted by molar-refractivity contribution is 5.60. The minimum atomic E-state index is 0.119. The Bertz CT molecular complexity index is 914. The molecule has 0 amide bonds. The van der Waals surface area contributed by atoms with Gasteiger partial charge in [0, 0.05) is 49.8 Å². The van der Waals surface area contributed by atoms with Crippen molar-refractivity contribution in [1.82, 2.24) is 19.9 Å². The maximum atomic E-state index is 4.83. The van der Waals surface area contributed by atoms with Crippen molar-refractivity contribution in [1.29, 1.82) is 0 Å². The molecule has 0 aliphatic carbocycles. The number of rotatable bonds is 4. The van der Waals surface area contributed by atoms with Crippen molar-refractivity contribution < 1.29 is 0 Å². The summed E-state index contributed by atoms with van der Waals surface area (Å²) < 4.78 is 0. The first-order chi connectivity index (χ1) is 13.3. The fraction of sp³-hybridized carbons (Fsp3) is 0.318. The molecular weight excluding hydrogens is 334 g/mol. The highest BCUT2D eigenvalue weighted by Crippen LogP contribution is 2.45. The second-order valence-corrected chi connectivity index (χ2v) is 7.65. The van der Waals surface area contributed by atoms with E-state index in [9.17, 15) is 0 Å². The summed E-state index contributed by atoms with van der Waals surface area (Å²) in [6.45, 7) is 4.95. The van der Waals surface area contributed by atoms with Crippen LogP contribution in [0.5, 0.6) is 0 Å². The number of hydrogen-bond acceptors (Lipinski definition) is 5. The summed E-state index contributed by atoms with van der Waals surface area (Å²) in [5.74, 6) is 0. The van der Waals surface area contributed by atoms with Crippen LogP contribution in [0, 0.1) is 0 Å². The lowest BCUT2D eigenvalue weighted by Crippen LogP contribution is -2.36. The Morgan fingerprint density at radius 1 is 0.889 bits per heavy atom. The predicted octanol–water partition coefficient (Wildman–Crippen LogP) is 3.04. The molecule has 1 atom stereocenters. The standard InChI is InChI=1S/C22H23N5/c1-2-10-24-19(6-1)15-27-17-22(21-20(27)7-4-11-25-21)8-12-26(16-22)14-18-5-3-9-23-13-18/h1-7,9-11,13H,8,12,14-17H2/t22-/m1/s1. The number of nitrogens with zero attached hydrogens (tertiary/aromatic N) is 5. The Kier molecular flexibility index (Phi) is 4.09. The van der Waals surface area contributed by atoms with Gasteiger partial charge >= 0.3 is 0 Å². The SMILES string of the molecule is c1ccc(CN2C[C@]3(CCN(Cc4cccnc4)C3)c3ncccc32)nc1. The smallest absolute Gasteiger partial charge is 0.0729 e. The van der Waals surface area contributed by atoms with Gasteiger partial charge in [-0.3, -0.25) is 19.9 Å². The summed E-state index contributed by atoms with van der Waals surface area (Å²) in [6.07, 6.45) is 8.77. The van der Waals surface area contributed by atoms with E-state index in [2.05, 4.69) is 44.0 Å². The Labute approximate surface area is 159 Å². The van der Waals surface area contributed by atoms with E-state index in [1.165, 1.54) is 16.9 Å². The van der Waals surface area contributed by atoms with Crippen molar-refractivity contribution in [2.24, 2.45) is 0 Å². The molecule has 3 aromatic rings. The molecule has 0 aromatic carbocycles. The van der Waals surface area contributed by atoms with Crippen LogP contribution in [0.4, 0.5) is 5.69 Å². The molecule has 5 heterocycles. The van der Waals surface area contributed by atoms with Gasteiger partial charge in [0.1, 0.15) is 0 Å². The van der Waals surface area contributed by atoms with Gasteiger partial charge in [-0.25, -0.2) is 0 Å². The van der Waals surface area contributed by atoms with Crippen molar-refractivity contribution in [3.05, 3.63) is 84.2 Å². The summed E-state index contributed by atoms with van der Waals surface area (Å²) in [4.78, 5) is 18.6. The van der Waals surface area contributed by atoms with E-state index in [0.717, 1.165) is 44.8 Å². The van der Waals surface area contributed by atoms with Gasteiger partial charge in [0.05, 0.1) is 23.6 Å². The van der Waals surface area contributed by atoms with Crippen molar-refractivity contribution in [3.8, 4) is 0 Å². The van der Waals surface area contributed by atoms with E-state index in [4.69, 9.17) is 4.98 Å². The predicted molar refractivity (Wildman–Crippen MR) is 105 cm³/mol. The van der Waals surface area contributed by atoms with E-state index in [1.54, 1.807) is 0 Å². The fourth-order valence-corrected chi connectivity index (χ4v) is 4.58. The maximum absolute atomic E-state index is 4.83. The average molecular weight is 357 g/mol. The molecule has 1 saturated heterocycles. The third-order valence-electron chi connectivity index (χ3n) is 5.76. The summed E-state index contributed by atoms with van der Waals surface area (Å²) >= 11 is 0. The average Bonchev–Trinajstić information content (AvgIpc) is 3.25. The van der Waals surface area contributed by atoms with Crippen LogP contribution in [0.25, 0.3) is 0 Å². The molecule has 0 bridgehead atoms. The second kappa shape index (κ2) is 6.74. The molecule has 136 valence electrons. The quantitative estimate of drug-likeness (QED) is 0.718. The molecule has 1 spiro atoms. The molecule has 27 heavy (non-hydrogen) atoms. The lowest BCUT2D eigenvalue weighted by Gasteiger charge is -2.25. The topological polar surface area (TPSA) is 45.2 Å². The van der Waals surface area contributed by atoms with Gasteiger partial charge in [0.15, 0.2) is 0 Å². The molecule has 0 unspecified atom stereocenters. The Hall–Kier alpha value is -2.79. The van der Waals surface area contributed by atoms with Crippen molar-refractivity contribution in [2.45, 2.75) is 24.9 Å². The monoisotopic (exact) mass is 357 g/mol. The van der Waals surface area contributed by atoms with Crippen LogP contribution >= 0.6 is 0 Å². The summed E-state index contributed by atoms with van der Waals surface area (Å²) in [5.41, 5.74) is 5.03. The normalized spacial score (nSPS) is 21.7. The highest BCUT2D eigenvalue weighted by Gasteiger charge is 2.48. The van der Waals surface area contributed by atoms with Crippen LogP contribution < -0.4 is 4.90 Å². The zero-order chi connectivity index (χ0) is 18.1. The van der Waals surface area contributed by atoms with Gasteiger partial charge in [-0.05, 0) is 48.9 Å². The van der Waals surface area contributed by atoms with E-state index in [-0.39, 0.29) is 5.41 Å². The van der Waals surface area contributed by atoms with Gasteiger partial charge in [-0.2, -0.15) is 0 Å². The van der Waals surface area contributed by atoms with Gasteiger partial charge in [-0.1, -0.05) is 12.1 Å². The summed E-state index contributed by atoms with van der Waals surface area (Å²) in [7, 11) is 0. The zero-order valence-electron chi connectivity index (χ0n) is 15.3. The first-order valence-electron chi connectivity index (χ1n) is 9.54. The Morgan fingerprint density at radius 3 is 2.67 bits per heavy atom. The first kappa shape index (κ1) is 16.4. The number of hydrogen-bond donors (Lipinski definition) is 0. The lowest BCUT2D eigenvalue weighted by molar-refractivity contribution is 0.305. The van der Waals surface area contributed by atoms with E-state index >= 15 is 0 Å². The van der Waals surface area contributed by atoms with Crippen LogP contribution in [-0.2, 0) is 18.5 Å². The van der Waals surface area contributed by atoms with Gasteiger partial charge < -0.3 is 4.90 Å². The van der Waals surface area contributed by atoms with Crippen LogP contribution in [0.1, 0.15) is 23.4 Å². The van der Waals surface area contributed by atoms with Crippen LogP contribution in [0.15, 0.2) is 67.3 Å². The lowest BCUT2D eigenvalue weighted by atomic mass is 9.85. The molecular formula is C22H23N5. The van der Waals surface area contributed by atoms with Crippen LogP contribution in [0.3, 0.4) is 0 Å². The molecule has 2 aliphatic rings. The van der Waals surface area contributed by atoms with E-state index in [1.807, 2.05) is 43.0 Å². The van der Waals surface area contributed by atoms with E-state index in [0.29, 0.717) is 0 Å². The molecule has 5 rings (SSSR count). The maximum Gasteiger partial charge on any atom is 0.0729 e. The third kappa shape index (κ3) is 3.08. The second-order valence-electron chi connectivity index (χ2n) is 7.65. The Balaban J connectivity index is 1.39. The minimum absolute atomic E-state index is 0.119. The fourth-order valence-electron chi connectivity index (χ4n) is 4.58. The molecule has 0 N–H and O–H groups in total. The summed E-state index contributed by atoms with van der Waals surface area (Å²) in [5, 5.41) is 0. The number of likely N-dealkylation sites (tertiary alicyclic amines) is 1. The largest absolute Gasteiger partial charge is 0.363 e. The molecule has 2 aliphatic heterocycles. The van der Waals surface area contributed by atoms with Gasteiger partial charge in [0.25, 0.3) is 0 Å². The third-order valence-corrected chi connectivity index (χ3v) is 5.76. The molecule has 3 aromatic heterocycles. The minimum Gasteiger partial charge on any atom is -0.363 e. The molecule has 0 saturated carbocycles.